The van der Waals surface area contributed by atoms with Crippen LogP contribution < -0.4 is 0 Å². The summed E-state index contributed by atoms with van der Waals surface area (Å²) < 4.78 is 2.42. The standard InChI is InChI=1S/C26H30ClN3O/c27-23-8-5-6-20(16-23)18-30-24(17-22-7-1-2-9-25(22)30)19-28-14-10-21(11-15-28)26(31)29-12-3-4-13-29/h1-2,5-9,16-17,21H,3-4,10-15,18-19H2. The van der Waals surface area contributed by atoms with Crippen LogP contribution in [0.5, 0.6) is 0 Å². The molecule has 5 heteroatoms. The Bertz CT molecular complexity index is 1060. The van der Waals surface area contributed by atoms with E-state index < -0.39 is 0 Å². The quantitative estimate of drug-likeness (QED) is 0.552. The highest BCUT2D eigenvalue weighted by molar-refractivity contribution is 6.30. The number of hydrogen-bond acceptors (Lipinski definition) is 2. The normalized spacial score (nSPS) is 18.2. The summed E-state index contributed by atoms with van der Waals surface area (Å²) in [6, 6.07) is 19.1. The molecule has 31 heavy (non-hydrogen) atoms. The smallest absolute Gasteiger partial charge is 0.225 e. The maximum Gasteiger partial charge on any atom is 0.225 e. The lowest BCUT2D eigenvalue weighted by molar-refractivity contribution is -0.136. The second-order valence-electron chi connectivity index (χ2n) is 8.99. The SMILES string of the molecule is O=C(C1CCN(Cc2cc3ccccc3n2Cc2cccc(Cl)c2)CC1)N1CCCC1. The average molecular weight is 436 g/mol. The molecule has 2 aliphatic heterocycles. The fourth-order valence-corrected chi connectivity index (χ4v) is 5.38. The first-order valence-electron chi connectivity index (χ1n) is 11.5. The highest BCUT2D eigenvalue weighted by Gasteiger charge is 2.30. The number of carbonyl (C=O) groups excluding carboxylic acids is 1. The van der Waals surface area contributed by atoms with Crippen LogP contribution in [0.3, 0.4) is 0 Å². The van der Waals surface area contributed by atoms with Gasteiger partial charge in [0.1, 0.15) is 0 Å². The van der Waals surface area contributed by atoms with Crippen molar-refractivity contribution in [2.24, 2.45) is 5.92 Å². The molecule has 2 aromatic carbocycles. The van der Waals surface area contributed by atoms with Gasteiger partial charge in [0.2, 0.25) is 5.91 Å². The Morgan fingerprint density at radius 2 is 1.68 bits per heavy atom. The molecule has 5 rings (SSSR count). The van der Waals surface area contributed by atoms with Crippen molar-refractivity contribution in [3.63, 3.8) is 0 Å². The Kier molecular flexibility index (Phi) is 6.02. The summed E-state index contributed by atoms with van der Waals surface area (Å²) in [7, 11) is 0. The molecule has 2 saturated heterocycles. The minimum absolute atomic E-state index is 0.215. The van der Waals surface area contributed by atoms with Crippen molar-refractivity contribution in [1.29, 1.82) is 0 Å². The molecule has 3 heterocycles. The van der Waals surface area contributed by atoms with E-state index >= 15 is 0 Å². The van der Waals surface area contributed by atoms with Crippen LogP contribution in [0.4, 0.5) is 0 Å². The first-order chi connectivity index (χ1) is 15.2. The van der Waals surface area contributed by atoms with Gasteiger partial charge in [-0.3, -0.25) is 9.69 Å². The molecule has 2 fully saturated rings. The lowest BCUT2D eigenvalue weighted by Gasteiger charge is -2.33. The number of nitrogens with zero attached hydrogens (tertiary/aromatic N) is 3. The van der Waals surface area contributed by atoms with Gasteiger partial charge in [-0.25, -0.2) is 0 Å². The van der Waals surface area contributed by atoms with E-state index in [-0.39, 0.29) is 5.92 Å². The Morgan fingerprint density at radius 3 is 2.45 bits per heavy atom. The van der Waals surface area contributed by atoms with Gasteiger partial charge < -0.3 is 9.47 Å². The monoisotopic (exact) mass is 435 g/mol. The lowest BCUT2D eigenvalue weighted by Crippen LogP contribution is -2.41. The van der Waals surface area contributed by atoms with Gasteiger partial charge in [0.05, 0.1) is 0 Å². The molecule has 4 nitrogen and oxygen atoms in total. The number of likely N-dealkylation sites (tertiary alicyclic amines) is 2. The van der Waals surface area contributed by atoms with Crippen molar-refractivity contribution in [2.75, 3.05) is 26.2 Å². The van der Waals surface area contributed by atoms with Gasteiger partial charge in [-0.2, -0.15) is 0 Å². The molecule has 0 bridgehead atoms. The summed E-state index contributed by atoms with van der Waals surface area (Å²) in [6.07, 6.45) is 4.29. The predicted molar refractivity (Wildman–Crippen MR) is 126 cm³/mol. The van der Waals surface area contributed by atoms with Crippen molar-refractivity contribution in [1.82, 2.24) is 14.4 Å². The second-order valence-corrected chi connectivity index (χ2v) is 9.43. The van der Waals surface area contributed by atoms with Crippen LogP contribution in [0.1, 0.15) is 36.9 Å². The molecule has 0 radical (unpaired) electrons. The van der Waals surface area contributed by atoms with E-state index in [0.717, 1.165) is 57.1 Å². The first kappa shape index (κ1) is 20.6. The molecule has 0 saturated carbocycles. The van der Waals surface area contributed by atoms with E-state index in [2.05, 4.69) is 56.8 Å². The highest BCUT2D eigenvalue weighted by atomic mass is 35.5. The topological polar surface area (TPSA) is 28.5 Å². The van der Waals surface area contributed by atoms with Crippen LogP contribution in [0.25, 0.3) is 10.9 Å². The van der Waals surface area contributed by atoms with Crippen LogP contribution >= 0.6 is 11.6 Å². The Labute approximate surface area is 189 Å². The van der Waals surface area contributed by atoms with Gasteiger partial charge in [0.15, 0.2) is 0 Å². The van der Waals surface area contributed by atoms with Gasteiger partial charge in [-0.1, -0.05) is 41.9 Å². The number of fused-ring (bicyclic) bond motifs is 1. The maximum absolute atomic E-state index is 12.8. The summed E-state index contributed by atoms with van der Waals surface area (Å²) >= 11 is 6.24. The van der Waals surface area contributed by atoms with E-state index in [0.29, 0.717) is 5.91 Å². The molecule has 0 atom stereocenters. The zero-order chi connectivity index (χ0) is 21.2. The average Bonchev–Trinajstić information content (AvgIpc) is 3.43. The third kappa shape index (κ3) is 4.51. The minimum atomic E-state index is 0.215. The largest absolute Gasteiger partial charge is 0.342 e. The van der Waals surface area contributed by atoms with Gasteiger partial charge in [0.25, 0.3) is 0 Å². The zero-order valence-electron chi connectivity index (χ0n) is 18.0. The number of halogens is 1. The van der Waals surface area contributed by atoms with E-state index in [1.54, 1.807) is 0 Å². The lowest BCUT2D eigenvalue weighted by atomic mass is 9.95. The molecule has 1 aromatic heterocycles. The molecule has 162 valence electrons. The molecule has 1 amide bonds. The van der Waals surface area contributed by atoms with Crippen molar-refractivity contribution in [3.8, 4) is 0 Å². The first-order valence-corrected chi connectivity index (χ1v) is 11.9. The number of para-hydroxylation sites is 1. The van der Waals surface area contributed by atoms with Crippen LogP contribution in [0.15, 0.2) is 54.6 Å². The summed E-state index contributed by atoms with van der Waals surface area (Å²) in [4.78, 5) is 17.4. The van der Waals surface area contributed by atoms with Crippen LogP contribution in [-0.4, -0.2) is 46.5 Å². The minimum Gasteiger partial charge on any atom is -0.342 e. The van der Waals surface area contributed by atoms with E-state index in [1.807, 2.05) is 12.1 Å². The molecule has 0 aliphatic carbocycles. The molecule has 0 spiro atoms. The van der Waals surface area contributed by atoms with Crippen LogP contribution in [-0.2, 0) is 17.9 Å². The zero-order valence-corrected chi connectivity index (χ0v) is 18.7. The van der Waals surface area contributed by atoms with Gasteiger partial charge in [0, 0.05) is 48.3 Å². The van der Waals surface area contributed by atoms with Crippen molar-refractivity contribution in [3.05, 3.63) is 70.9 Å². The number of amides is 1. The molecule has 0 N–H and O–H groups in total. The number of hydrogen-bond donors (Lipinski definition) is 0. The fourth-order valence-electron chi connectivity index (χ4n) is 5.17. The molecular formula is C26H30ClN3O. The van der Waals surface area contributed by atoms with Gasteiger partial charge >= 0.3 is 0 Å². The number of carbonyl (C=O) groups is 1. The molecule has 0 unspecified atom stereocenters. The van der Waals surface area contributed by atoms with Crippen LogP contribution in [0, 0.1) is 5.92 Å². The van der Waals surface area contributed by atoms with Crippen molar-refractivity contribution in [2.45, 2.75) is 38.8 Å². The number of piperidine rings is 1. The van der Waals surface area contributed by atoms with E-state index in [9.17, 15) is 4.79 Å². The Hall–Kier alpha value is -2.30. The summed E-state index contributed by atoms with van der Waals surface area (Å²) in [5.41, 5.74) is 3.80. The van der Waals surface area contributed by atoms with Crippen molar-refractivity contribution >= 4 is 28.4 Å². The third-order valence-electron chi connectivity index (χ3n) is 6.87. The van der Waals surface area contributed by atoms with E-state index in [4.69, 9.17) is 11.6 Å². The highest BCUT2D eigenvalue weighted by Crippen LogP contribution is 2.26. The summed E-state index contributed by atoms with van der Waals surface area (Å²) in [5, 5.41) is 2.05. The number of benzene rings is 2. The Morgan fingerprint density at radius 1 is 0.903 bits per heavy atom. The van der Waals surface area contributed by atoms with Crippen LogP contribution in [0.2, 0.25) is 5.02 Å². The number of aromatic nitrogens is 1. The summed E-state index contributed by atoms with van der Waals surface area (Å²) in [6.45, 7) is 5.63. The second kappa shape index (κ2) is 9.05. The van der Waals surface area contributed by atoms with Crippen molar-refractivity contribution < 1.29 is 4.79 Å². The molecular weight excluding hydrogens is 406 g/mol. The molecule has 3 aromatic rings. The predicted octanol–water partition coefficient (Wildman–Crippen LogP) is 5.18. The molecule has 2 aliphatic rings. The summed E-state index contributed by atoms with van der Waals surface area (Å²) in [5.74, 6) is 0.610. The van der Waals surface area contributed by atoms with E-state index in [1.165, 1.54) is 35.0 Å². The third-order valence-corrected chi connectivity index (χ3v) is 7.10. The fraction of sp³-hybridized carbons (Fsp3) is 0.423. The number of rotatable bonds is 5. The Balaban J connectivity index is 1.31. The van der Waals surface area contributed by atoms with Gasteiger partial charge in [-0.15, -0.1) is 0 Å². The van der Waals surface area contributed by atoms with Gasteiger partial charge in [-0.05, 0) is 74.0 Å². The maximum atomic E-state index is 12.8.